The van der Waals surface area contributed by atoms with E-state index in [-0.39, 0.29) is 34.4 Å². The summed E-state index contributed by atoms with van der Waals surface area (Å²) in [6.07, 6.45) is 0. The molecule has 0 aromatic rings. The molecule has 0 spiro atoms. The molecule has 0 N–H and O–H groups in total. The number of carbonyl (C=O) groups is 3. The van der Waals surface area contributed by atoms with Gasteiger partial charge in [-0.2, -0.15) is 0 Å². The van der Waals surface area contributed by atoms with Crippen molar-refractivity contribution in [3.8, 4) is 0 Å². The lowest BCUT2D eigenvalue weighted by Gasteiger charge is -2.40. The van der Waals surface area contributed by atoms with Crippen molar-refractivity contribution in [3.05, 3.63) is 10.6 Å². The Morgan fingerprint density at radius 1 is 1.39 bits per heavy atom. The van der Waals surface area contributed by atoms with Gasteiger partial charge in [-0.05, 0) is 6.92 Å². The summed E-state index contributed by atoms with van der Waals surface area (Å²) in [6, 6.07) is 0. The van der Waals surface area contributed by atoms with Crippen molar-refractivity contribution in [2.24, 2.45) is 5.92 Å². The Morgan fingerprint density at radius 2 is 2.06 bits per heavy atom. The summed E-state index contributed by atoms with van der Waals surface area (Å²) in [5.41, 5.74) is 0.00838. The van der Waals surface area contributed by atoms with Gasteiger partial charge in [0.15, 0.2) is 5.70 Å². The highest BCUT2D eigenvalue weighted by atomic mass is 32.2. The minimum atomic E-state index is -0.687. The van der Waals surface area contributed by atoms with Crippen LogP contribution < -0.4 is 0 Å². The van der Waals surface area contributed by atoms with E-state index >= 15 is 0 Å². The highest BCUT2D eigenvalue weighted by molar-refractivity contribution is 8.05. The molecule has 0 aliphatic carbocycles. The van der Waals surface area contributed by atoms with Gasteiger partial charge in [0.05, 0.1) is 25.0 Å². The minimum Gasteiger partial charge on any atom is -0.464 e. The minimum absolute atomic E-state index is 0.00838. The predicted octanol–water partition coefficient (Wildman–Crippen LogP) is 0.485. The molecule has 2 atom stereocenters. The fourth-order valence-corrected chi connectivity index (χ4v) is 3.24. The van der Waals surface area contributed by atoms with Crippen molar-refractivity contribution in [3.63, 3.8) is 0 Å². The number of fused-ring (bicyclic) bond motifs is 1. The molecule has 1 saturated heterocycles. The summed E-state index contributed by atoms with van der Waals surface area (Å²) in [5, 5.41) is -0.203. The molecule has 1 amide bonds. The molecule has 6 nitrogen and oxygen atoms in total. The van der Waals surface area contributed by atoms with Gasteiger partial charge in [-0.25, -0.2) is 9.59 Å². The van der Waals surface area contributed by atoms with Crippen LogP contribution in [-0.2, 0) is 23.9 Å². The van der Waals surface area contributed by atoms with Crippen LogP contribution in [0.1, 0.15) is 13.8 Å². The second-order valence-electron chi connectivity index (χ2n) is 3.90. The Labute approximate surface area is 108 Å². The number of β-lactam (4-membered cyclic amide) rings is 1. The standard InChI is InChI=1S/C11H13NO5S/c1-4-17-11(15)7-6(10(14)16-3)12-8(13)5(2)9(12)18-7/h5,9H,4H2,1-3H3/t5-,9+/m0/s1. The summed E-state index contributed by atoms with van der Waals surface area (Å²) in [4.78, 5) is 36.6. The molecule has 2 aliphatic rings. The SMILES string of the molecule is CCOC(=O)C1=C(C(=O)OC)N2C(=O)[C@H](C)[C@H]2S1. The van der Waals surface area contributed by atoms with Crippen LogP contribution in [-0.4, -0.2) is 41.8 Å². The molecule has 0 unspecified atom stereocenters. The van der Waals surface area contributed by atoms with E-state index in [9.17, 15) is 14.4 Å². The van der Waals surface area contributed by atoms with Gasteiger partial charge in [0.25, 0.3) is 0 Å². The summed E-state index contributed by atoms with van der Waals surface area (Å²) in [5.74, 6) is -1.65. The fraction of sp³-hybridized carbons (Fsp3) is 0.545. The quantitative estimate of drug-likeness (QED) is 0.549. The van der Waals surface area contributed by atoms with E-state index in [1.807, 2.05) is 0 Å². The first-order valence-corrected chi connectivity index (χ1v) is 6.40. The Bertz CT molecular complexity index is 458. The molecule has 0 aromatic heterocycles. The fourth-order valence-electron chi connectivity index (χ4n) is 1.92. The van der Waals surface area contributed by atoms with Crippen LogP contribution >= 0.6 is 11.8 Å². The normalized spacial score (nSPS) is 25.7. The zero-order valence-electron chi connectivity index (χ0n) is 10.3. The summed E-state index contributed by atoms with van der Waals surface area (Å²) in [7, 11) is 1.21. The van der Waals surface area contributed by atoms with Crippen molar-refractivity contribution in [2.75, 3.05) is 13.7 Å². The molecular weight excluding hydrogens is 258 g/mol. The molecule has 2 heterocycles. The van der Waals surface area contributed by atoms with Crippen LogP contribution in [0.15, 0.2) is 10.6 Å². The highest BCUT2D eigenvalue weighted by Crippen LogP contribution is 2.49. The summed E-state index contributed by atoms with van der Waals surface area (Å²) >= 11 is 1.18. The third kappa shape index (κ3) is 1.69. The Kier molecular flexibility index (Phi) is 3.34. The largest absolute Gasteiger partial charge is 0.464 e. The van der Waals surface area contributed by atoms with Crippen molar-refractivity contribution >= 4 is 29.6 Å². The molecule has 7 heteroatoms. The number of carbonyl (C=O) groups excluding carboxylic acids is 3. The van der Waals surface area contributed by atoms with Crippen LogP contribution in [0.4, 0.5) is 0 Å². The molecule has 2 aliphatic heterocycles. The third-order valence-corrected chi connectivity index (χ3v) is 4.30. The first kappa shape index (κ1) is 12.9. The Morgan fingerprint density at radius 3 is 2.61 bits per heavy atom. The summed E-state index contributed by atoms with van der Waals surface area (Å²) in [6.45, 7) is 3.66. The number of rotatable bonds is 3. The zero-order chi connectivity index (χ0) is 13.4. The maximum atomic E-state index is 11.8. The number of thioether (sulfide) groups is 1. The van der Waals surface area contributed by atoms with Gasteiger partial charge < -0.3 is 9.47 Å². The van der Waals surface area contributed by atoms with Gasteiger partial charge in [-0.3, -0.25) is 9.69 Å². The van der Waals surface area contributed by atoms with E-state index in [0.29, 0.717) is 0 Å². The average molecular weight is 271 g/mol. The van der Waals surface area contributed by atoms with Crippen LogP contribution in [0.2, 0.25) is 0 Å². The van der Waals surface area contributed by atoms with Crippen LogP contribution in [0.5, 0.6) is 0 Å². The van der Waals surface area contributed by atoms with Crippen molar-refractivity contribution in [1.29, 1.82) is 0 Å². The Balaban J connectivity index is 2.35. The van der Waals surface area contributed by atoms with Gasteiger partial charge >= 0.3 is 11.9 Å². The number of hydrogen-bond acceptors (Lipinski definition) is 6. The van der Waals surface area contributed by atoms with Crippen LogP contribution in [0.25, 0.3) is 0 Å². The van der Waals surface area contributed by atoms with E-state index in [1.54, 1.807) is 13.8 Å². The van der Waals surface area contributed by atoms with Gasteiger partial charge in [0.2, 0.25) is 5.91 Å². The van der Waals surface area contributed by atoms with Crippen molar-refractivity contribution in [2.45, 2.75) is 19.2 Å². The van der Waals surface area contributed by atoms with Gasteiger partial charge in [-0.1, -0.05) is 18.7 Å². The second-order valence-corrected chi connectivity index (χ2v) is 5.02. The smallest absolute Gasteiger partial charge is 0.356 e. The van der Waals surface area contributed by atoms with E-state index in [1.165, 1.54) is 23.8 Å². The lowest BCUT2D eigenvalue weighted by Crippen LogP contribution is -2.56. The summed E-state index contributed by atoms with van der Waals surface area (Å²) < 4.78 is 9.50. The van der Waals surface area contributed by atoms with Crippen molar-refractivity contribution in [1.82, 2.24) is 4.90 Å². The maximum Gasteiger partial charge on any atom is 0.356 e. The second kappa shape index (κ2) is 4.64. The van der Waals surface area contributed by atoms with Gasteiger partial charge in [-0.15, -0.1) is 0 Å². The Hall–Kier alpha value is -1.50. The molecule has 0 saturated carbocycles. The lowest BCUT2D eigenvalue weighted by molar-refractivity contribution is -0.152. The highest BCUT2D eigenvalue weighted by Gasteiger charge is 2.55. The molecular formula is C11H13NO5S. The first-order valence-electron chi connectivity index (χ1n) is 5.52. The van der Waals surface area contributed by atoms with E-state index in [4.69, 9.17) is 4.74 Å². The van der Waals surface area contributed by atoms with Gasteiger partial charge in [0, 0.05) is 0 Å². The topological polar surface area (TPSA) is 72.9 Å². The number of amides is 1. The molecule has 18 heavy (non-hydrogen) atoms. The number of nitrogens with zero attached hydrogens (tertiary/aromatic N) is 1. The van der Waals surface area contributed by atoms with Gasteiger partial charge in [0.1, 0.15) is 4.91 Å². The lowest BCUT2D eigenvalue weighted by atomic mass is 10.00. The number of esters is 2. The van der Waals surface area contributed by atoms with E-state index in [0.717, 1.165) is 0 Å². The molecule has 0 aromatic carbocycles. The molecule has 0 bridgehead atoms. The first-order chi connectivity index (χ1) is 8.52. The van der Waals surface area contributed by atoms with E-state index in [2.05, 4.69) is 4.74 Å². The molecule has 98 valence electrons. The van der Waals surface area contributed by atoms with Crippen LogP contribution in [0, 0.1) is 5.92 Å². The number of hydrogen-bond donors (Lipinski definition) is 0. The zero-order valence-corrected chi connectivity index (χ0v) is 11.1. The molecule has 0 radical (unpaired) electrons. The van der Waals surface area contributed by atoms with Crippen LogP contribution in [0.3, 0.4) is 0 Å². The predicted molar refractivity (Wildman–Crippen MR) is 63.1 cm³/mol. The number of ether oxygens (including phenoxy) is 2. The van der Waals surface area contributed by atoms with Crippen molar-refractivity contribution < 1.29 is 23.9 Å². The number of methoxy groups -OCH3 is 1. The maximum absolute atomic E-state index is 11.8. The average Bonchev–Trinajstić information content (AvgIpc) is 2.74. The van der Waals surface area contributed by atoms with E-state index < -0.39 is 11.9 Å². The third-order valence-electron chi connectivity index (χ3n) is 2.84. The monoisotopic (exact) mass is 271 g/mol. The molecule has 1 fully saturated rings. The molecule has 2 rings (SSSR count).